The minimum Gasteiger partial charge on any atom is -0.481 e. The maximum absolute atomic E-state index is 10.3. The Morgan fingerprint density at radius 2 is 0.614 bits per heavy atom. The van der Waals surface area contributed by atoms with E-state index in [9.17, 15) is 9.59 Å². The van der Waals surface area contributed by atoms with Gasteiger partial charge in [0.25, 0.3) is 0 Å². The van der Waals surface area contributed by atoms with Crippen LogP contribution in [-0.4, -0.2) is 90.4 Å². The zero-order chi connectivity index (χ0) is 33.8. The standard InChI is InChI=1S/2C14H28O2.C6H14O6/c2*1-2-3-4-5-6-7-8-9-10-11-12-13-14(15)16;7-1-3(9)5(11)6(12)4(10)2-8/h2*2-13H2,1H3,(H,15,16);3-12H,1-2H2/t;;3-,4+,5-,6-/m..1/s1. The van der Waals surface area contributed by atoms with Gasteiger partial charge in [0.15, 0.2) is 0 Å². The molecular weight excluding hydrogens is 568 g/mol. The van der Waals surface area contributed by atoms with Gasteiger partial charge in [-0.1, -0.05) is 142 Å². The lowest BCUT2D eigenvalue weighted by molar-refractivity contribution is -0.138. The topological polar surface area (TPSA) is 196 Å². The van der Waals surface area contributed by atoms with E-state index in [1.54, 1.807) is 0 Å². The maximum atomic E-state index is 10.3. The third-order valence-corrected chi connectivity index (χ3v) is 7.50. The van der Waals surface area contributed by atoms with Gasteiger partial charge >= 0.3 is 11.9 Å². The number of carboxylic acids is 2. The lowest BCUT2D eigenvalue weighted by Crippen LogP contribution is -2.46. The third-order valence-electron chi connectivity index (χ3n) is 7.50. The van der Waals surface area contributed by atoms with Crippen LogP contribution in [0.4, 0.5) is 0 Å². The van der Waals surface area contributed by atoms with Crippen molar-refractivity contribution in [3.05, 3.63) is 0 Å². The number of unbranched alkanes of at least 4 members (excludes halogenated alkanes) is 20. The van der Waals surface area contributed by atoms with Crippen LogP contribution in [0.1, 0.15) is 168 Å². The average molecular weight is 639 g/mol. The molecule has 0 aromatic carbocycles. The Balaban J connectivity index is -0.000000580. The molecule has 0 spiro atoms. The number of carboxylic acid groups (broad SMARTS) is 2. The van der Waals surface area contributed by atoms with Gasteiger partial charge < -0.3 is 40.9 Å². The van der Waals surface area contributed by atoms with Crippen LogP contribution in [0.2, 0.25) is 0 Å². The summed E-state index contributed by atoms with van der Waals surface area (Å²) >= 11 is 0. The van der Waals surface area contributed by atoms with E-state index in [0.717, 1.165) is 25.7 Å². The first-order valence-corrected chi connectivity index (χ1v) is 17.5. The van der Waals surface area contributed by atoms with E-state index in [1.165, 1.54) is 116 Å². The van der Waals surface area contributed by atoms with Gasteiger partial charge in [-0.3, -0.25) is 9.59 Å². The molecule has 0 unspecified atom stereocenters. The summed E-state index contributed by atoms with van der Waals surface area (Å²) in [4.78, 5) is 20.5. The predicted molar refractivity (Wildman–Crippen MR) is 176 cm³/mol. The van der Waals surface area contributed by atoms with Crippen molar-refractivity contribution in [2.75, 3.05) is 13.2 Å². The van der Waals surface area contributed by atoms with Crippen LogP contribution in [0.15, 0.2) is 0 Å². The van der Waals surface area contributed by atoms with Crippen molar-refractivity contribution < 1.29 is 50.4 Å². The van der Waals surface area contributed by atoms with Crippen LogP contribution >= 0.6 is 0 Å². The van der Waals surface area contributed by atoms with E-state index in [4.69, 9.17) is 40.9 Å². The molecule has 0 aliphatic heterocycles. The zero-order valence-corrected chi connectivity index (χ0v) is 28.1. The highest BCUT2D eigenvalue weighted by molar-refractivity contribution is 5.66. The first-order chi connectivity index (χ1) is 21.1. The fourth-order valence-corrected chi connectivity index (χ4v) is 4.55. The molecule has 0 bridgehead atoms. The Bertz CT molecular complexity index is 540. The Hall–Kier alpha value is -1.30. The van der Waals surface area contributed by atoms with Crippen molar-refractivity contribution in [3.63, 3.8) is 0 Å². The minimum atomic E-state index is -1.67. The van der Waals surface area contributed by atoms with E-state index in [0.29, 0.717) is 12.8 Å². The average Bonchev–Trinajstić information content (AvgIpc) is 3.01. The number of rotatable bonds is 29. The SMILES string of the molecule is CCCCCCCCCCCCCC(=O)O.CCCCCCCCCCCCCC(=O)O.OC[C@@H](O)[C@@H](O)[C@H](O)[C@@H](O)CO. The Morgan fingerprint density at radius 3 is 0.795 bits per heavy atom. The number of carbonyl (C=O) groups is 2. The molecule has 8 N–H and O–H groups in total. The Kier molecular flexibility index (Phi) is 40.6. The van der Waals surface area contributed by atoms with Crippen LogP contribution in [0, 0.1) is 0 Å². The molecule has 0 amide bonds. The number of aliphatic carboxylic acids is 2. The van der Waals surface area contributed by atoms with Gasteiger partial charge in [0.2, 0.25) is 0 Å². The van der Waals surface area contributed by atoms with Gasteiger partial charge in [0, 0.05) is 12.8 Å². The summed E-state index contributed by atoms with van der Waals surface area (Å²) in [6, 6.07) is 0. The summed E-state index contributed by atoms with van der Waals surface area (Å²) in [6.07, 6.45) is 22.3. The number of hydrogen-bond acceptors (Lipinski definition) is 8. The molecule has 10 nitrogen and oxygen atoms in total. The molecule has 0 heterocycles. The summed E-state index contributed by atoms with van der Waals surface area (Å²) in [5.41, 5.74) is 0. The molecule has 0 rings (SSSR count). The maximum Gasteiger partial charge on any atom is 0.303 e. The summed E-state index contributed by atoms with van der Waals surface area (Å²) in [7, 11) is 0. The molecule has 0 radical (unpaired) electrons. The molecule has 0 fully saturated rings. The number of aliphatic hydroxyl groups is 6. The summed E-state index contributed by atoms with van der Waals surface area (Å²) in [5, 5.41) is 69.1. The monoisotopic (exact) mass is 638 g/mol. The Morgan fingerprint density at radius 1 is 0.409 bits per heavy atom. The van der Waals surface area contributed by atoms with Gasteiger partial charge in [-0.2, -0.15) is 0 Å². The van der Waals surface area contributed by atoms with E-state index in [-0.39, 0.29) is 0 Å². The molecule has 0 saturated carbocycles. The molecule has 44 heavy (non-hydrogen) atoms. The van der Waals surface area contributed by atoms with Gasteiger partial charge in [-0.15, -0.1) is 0 Å². The van der Waals surface area contributed by atoms with E-state index < -0.39 is 49.6 Å². The number of aliphatic hydroxyl groups excluding tert-OH is 6. The van der Waals surface area contributed by atoms with E-state index in [1.807, 2.05) is 0 Å². The van der Waals surface area contributed by atoms with Crippen molar-refractivity contribution in [2.45, 2.75) is 192 Å². The van der Waals surface area contributed by atoms with Crippen molar-refractivity contribution in [3.8, 4) is 0 Å². The van der Waals surface area contributed by atoms with Gasteiger partial charge in [0.05, 0.1) is 13.2 Å². The second kappa shape index (κ2) is 37.9. The zero-order valence-electron chi connectivity index (χ0n) is 28.1. The second-order valence-electron chi connectivity index (χ2n) is 11.8. The molecule has 0 aliphatic carbocycles. The van der Waals surface area contributed by atoms with Crippen molar-refractivity contribution >= 4 is 11.9 Å². The molecule has 0 aromatic heterocycles. The van der Waals surface area contributed by atoms with Gasteiger partial charge in [-0.05, 0) is 12.8 Å². The molecule has 0 aromatic rings. The van der Waals surface area contributed by atoms with Crippen LogP contribution < -0.4 is 0 Å². The quantitative estimate of drug-likeness (QED) is 0.0453. The molecule has 0 aliphatic rings. The van der Waals surface area contributed by atoms with Gasteiger partial charge in [0.1, 0.15) is 24.4 Å². The summed E-state index contributed by atoms with van der Waals surface area (Å²) in [5.74, 6) is -1.31. The molecule has 0 saturated heterocycles. The van der Waals surface area contributed by atoms with E-state index in [2.05, 4.69) is 13.8 Å². The van der Waals surface area contributed by atoms with Crippen LogP contribution in [0.25, 0.3) is 0 Å². The van der Waals surface area contributed by atoms with Crippen LogP contribution in [0.3, 0.4) is 0 Å². The van der Waals surface area contributed by atoms with Crippen molar-refractivity contribution in [1.82, 2.24) is 0 Å². The van der Waals surface area contributed by atoms with Crippen LogP contribution in [-0.2, 0) is 9.59 Å². The lowest BCUT2D eigenvalue weighted by atomic mass is 10.0. The van der Waals surface area contributed by atoms with Crippen LogP contribution in [0.5, 0.6) is 0 Å². The first kappa shape index (κ1) is 47.1. The van der Waals surface area contributed by atoms with E-state index >= 15 is 0 Å². The van der Waals surface area contributed by atoms with Crippen molar-refractivity contribution in [2.24, 2.45) is 0 Å². The highest BCUT2D eigenvalue weighted by Crippen LogP contribution is 2.13. The molecule has 266 valence electrons. The number of hydrogen-bond donors (Lipinski definition) is 8. The minimum absolute atomic E-state index is 0.344. The predicted octanol–water partition coefficient (Wildman–Crippen LogP) is 5.96. The highest BCUT2D eigenvalue weighted by Gasteiger charge is 2.29. The molecular formula is C34H70O10. The highest BCUT2D eigenvalue weighted by atomic mass is 16.4. The fourth-order valence-electron chi connectivity index (χ4n) is 4.55. The summed E-state index contributed by atoms with van der Waals surface area (Å²) < 4.78 is 0. The third kappa shape index (κ3) is 38.7. The van der Waals surface area contributed by atoms with Gasteiger partial charge in [-0.25, -0.2) is 0 Å². The molecule has 10 heteroatoms. The normalized spacial score (nSPS) is 13.5. The smallest absolute Gasteiger partial charge is 0.303 e. The fraction of sp³-hybridized carbons (Fsp3) is 0.941. The largest absolute Gasteiger partial charge is 0.481 e. The lowest BCUT2D eigenvalue weighted by Gasteiger charge is -2.24. The first-order valence-electron chi connectivity index (χ1n) is 17.5. The van der Waals surface area contributed by atoms with Crippen molar-refractivity contribution in [1.29, 1.82) is 0 Å². The molecule has 4 atom stereocenters. The Labute approximate surface area is 267 Å². The summed E-state index contributed by atoms with van der Waals surface area (Å²) in [6.45, 7) is 3.04. The second-order valence-corrected chi connectivity index (χ2v) is 11.8.